The van der Waals surface area contributed by atoms with E-state index in [1.165, 1.54) is 7.11 Å². The van der Waals surface area contributed by atoms with Gasteiger partial charge in [0, 0.05) is 18.1 Å². The molecule has 0 saturated carbocycles. The van der Waals surface area contributed by atoms with Gasteiger partial charge in [-0.1, -0.05) is 34.8 Å². The first-order valence-corrected chi connectivity index (χ1v) is 7.87. The van der Waals surface area contributed by atoms with E-state index in [2.05, 4.69) is 0 Å². The molecule has 1 aromatic heterocycles. The van der Waals surface area contributed by atoms with E-state index >= 15 is 0 Å². The highest BCUT2D eigenvalue weighted by atomic mass is 35.6. The van der Waals surface area contributed by atoms with Crippen LogP contribution in [-0.4, -0.2) is 18.8 Å². The van der Waals surface area contributed by atoms with Crippen molar-refractivity contribution >= 4 is 46.8 Å². The van der Waals surface area contributed by atoms with Gasteiger partial charge in [0.05, 0.1) is 12.8 Å². The zero-order valence-electron chi connectivity index (χ0n) is 11.5. The lowest BCUT2D eigenvalue weighted by molar-refractivity contribution is 0.414. The predicted octanol–water partition coefficient (Wildman–Crippen LogP) is 2.70. The summed E-state index contributed by atoms with van der Waals surface area (Å²) >= 11 is 17.3. The molecule has 0 fully saturated rings. The number of rotatable bonds is 3. The van der Waals surface area contributed by atoms with Crippen molar-refractivity contribution in [3.63, 3.8) is 0 Å². The second-order valence-electron chi connectivity index (χ2n) is 4.14. The van der Waals surface area contributed by atoms with Crippen molar-refractivity contribution in [3.8, 4) is 17.5 Å². The third-order valence-electron chi connectivity index (χ3n) is 2.72. The van der Waals surface area contributed by atoms with Gasteiger partial charge >= 0.3 is 5.69 Å². The van der Waals surface area contributed by atoms with E-state index in [9.17, 15) is 9.59 Å². The van der Waals surface area contributed by atoms with Crippen molar-refractivity contribution in [2.75, 3.05) is 7.11 Å². The first-order valence-electron chi connectivity index (χ1n) is 5.96. The molecule has 120 valence electrons. The van der Waals surface area contributed by atoms with Gasteiger partial charge in [-0.2, -0.15) is 9.23 Å². The van der Waals surface area contributed by atoms with E-state index in [1.807, 2.05) is 0 Å². The standard InChI is InChI=1S/C13H8Cl3N3O3S/c1-22-10-4-2-9(3-5-10)18-7-8(6-17)11(20)19(12(18)21)23-13(14,15)16/h2-5,7H,1H3. The number of nitrogens with zero attached hydrogens (tertiary/aromatic N) is 3. The van der Waals surface area contributed by atoms with Crippen LogP contribution >= 0.6 is 46.8 Å². The summed E-state index contributed by atoms with van der Waals surface area (Å²) in [6.07, 6.45) is 1.14. The Morgan fingerprint density at radius 3 is 2.30 bits per heavy atom. The molecular formula is C13H8Cl3N3O3S. The molecule has 0 aliphatic rings. The van der Waals surface area contributed by atoms with Crippen LogP contribution in [0.1, 0.15) is 5.56 Å². The molecule has 2 aromatic rings. The summed E-state index contributed by atoms with van der Waals surface area (Å²) in [6, 6.07) is 8.17. The fourth-order valence-electron chi connectivity index (χ4n) is 1.72. The highest BCUT2D eigenvalue weighted by Crippen LogP contribution is 2.38. The number of ether oxygens (including phenoxy) is 1. The number of hydrogen-bond donors (Lipinski definition) is 0. The van der Waals surface area contributed by atoms with E-state index in [0.717, 1.165) is 10.8 Å². The van der Waals surface area contributed by atoms with Crippen LogP contribution in [0.3, 0.4) is 0 Å². The molecule has 0 bridgehead atoms. The van der Waals surface area contributed by atoms with E-state index in [-0.39, 0.29) is 5.56 Å². The molecule has 0 aliphatic heterocycles. The Morgan fingerprint density at radius 1 is 1.22 bits per heavy atom. The third-order valence-corrected chi connectivity index (χ3v) is 4.05. The number of hydrogen-bond acceptors (Lipinski definition) is 5. The maximum atomic E-state index is 12.5. The molecule has 0 aliphatic carbocycles. The SMILES string of the molecule is COc1ccc(-n2cc(C#N)c(=O)n(SC(Cl)(Cl)Cl)c2=O)cc1. The molecular weight excluding hydrogens is 385 g/mol. The zero-order chi connectivity index (χ0) is 17.2. The number of alkyl halides is 3. The van der Waals surface area contributed by atoms with E-state index in [4.69, 9.17) is 44.8 Å². The summed E-state index contributed by atoms with van der Waals surface area (Å²) in [5.41, 5.74) is -1.44. The van der Waals surface area contributed by atoms with Gasteiger partial charge in [-0.15, -0.1) is 0 Å². The quantitative estimate of drug-likeness (QED) is 0.751. The summed E-state index contributed by atoms with van der Waals surface area (Å²) in [5.74, 6) is 0.589. The second-order valence-corrected chi connectivity index (χ2v) is 8.26. The summed E-state index contributed by atoms with van der Waals surface area (Å²) in [7, 11) is 1.51. The molecule has 0 amide bonds. The smallest absolute Gasteiger partial charge is 0.346 e. The summed E-state index contributed by atoms with van der Waals surface area (Å²) in [5, 5.41) is 9.08. The summed E-state index contributed by atoms with van der Waals surface area (Å²) < 4.78 is 4.85. The third kappa shape index (κ3) is 4.03. The number of methoxy groups -OCH3 is 1. The molecule has 0 spiro atoms. The van der Waals surface area contributed by atoms with Crippen molar-refractivity contribution in [2.45, 2.75) is 3.12 Å². The Hall–Kier alpha value is -1.59. The maximum Gasteiger partial charge on any atom is 0.346 e. The Bertz CT molecular complexity index is 879. The van der Waals surface area contributed by atoms with Gasteiger partial charge in [0.15, 0.2) is 0 Å². The van der Waals surface area contributed by atoms with Gasteiger partial charge in [0.25, 0.3) is 8.68 Å². The van der Waals surface area contributed by atoms with Crippen LogP contribution in [0.4, 0.5) is 0 Å². The van der Waals surface area contributed by atoms with Crippen molar-refractivity contribution in [1.29, 1.82) is 5.26 Å². The van der Waals surface area contributed by atoms with Gasteiger partial charge in [0.1, 0.15) is 17.4 Å². The van der Waals surface area contributed by atoms with Gasteiger partial charge in [-0.05, 0) is 24.3 Å². The number of benzene rings is 1. The summed E-state index contributed by atoms with van der Waals surface area (Å²) in [4.78, 5) is 24.6. The molecule has 10 heteroatoms. The van der Waals surface area contributed by atoms with Crippen molar-refractivity contribution < 1.29 is 4.74 Å². The molecule has 0 saturated heterocycles. The van der Waals surface area contributed by atoms with E-state index < -0.39 is 14.4 Å². The second kappa shape index (κ2) is 6.89. The van der Waals surface area contributed by atoms with E-state index in [0.29, 0.717) is 27.4 Å². The van der Waals surface area contributed by atoms with Gasteiger partial charge < -0.3 is 4.74 Å². The minimum absolute atomic E-state index is 0.262. The highest BCUT2D eigenvalue weighted by Gasteiger charge is 2.26. The lowest BCUT2D eigenvalue weighted by Crippen LogP contribution is -2.38. The van der Waals surface area contributed by atoms with Gasteiger partial charge in [-0.25, -0.2) is 4.79 Å². The van der Waals surface area contributed by atoms with Crippen molar-refractivity contribution in [1.82, 2.24) is 8.54 Å². The molecule has 1 aromatic carbocycles. The Labute approximate surface area is 149 Å². The minimum Gasteiger partial charge on any atom is -0.497 e. The van der Waals surface area contributed by atoms with Gasteiger partial charge in [-0.3, -0.25) is 9.36 Å². The molecule has 0 N–H and O–H groups in total. The number of nitriles is 1. The highest BCUT2D eigenvalue weighted by molar-refractivity contribution is 8.03. The average Bonchev–Trinajstić information content (AvgIpc) is 2.51. The fraction of sp³-hybridized carbons (Fsp3) is 0.154. The largest absolute Gasteiger partial charge is 0.497 e. The number of halogens is 3. The van der Waals surface area contributed by atoms with Crippen LogP contribution in [0.2, 0.25) is 0 Å². The van der Waals surface area contributed by atoms with Crippen molar-refractivity contribution in [2.24, 2.45) is 0 Å². The minimum atomic E-state index is -1.94. The Morgan fingerprint density at radius 2 is 1.83 bits per heavy atom. The Kier molecular flexibility index (Phi) is 5.32. The van der Waals surface area contributed by atoms with E-state index in [1.54, 1.807) is 30.3 Å². The maximum absolute atomic E-state index is 12.5. The monoisotopic (exact) mass is 391 g/mol. The first-order chi connectivity index (χ1) is 10.8. The topological polar surface area (TPSA) is 77.0 Å². The molecule has 6 nitrogen and oxygen atoms in total. The van der Waals surface area contributed by atoms with Crippen molar-refractivity contribution in [3.05, 3.63) is 56.9 Å². The Balaban J connectivity index is 2.69. The van der Waals surface area contributed by atoms with Crippen LogP contribution in [-0.2, 0) is 0 Å². The molecule has 0 radical (unpaired) electrons. The predicted molar refractivity (Wildman–Crippen MR) is 90.8 cm³/mol. The molecule has 23 heavy (non-hydrogen) atoms. The van der Waals surface area contributed by atoms with Crippen LogP contribution in [0.25, 0.3) is 5.69 Å². The van der Waals surface area contributed by atoms with Crippen LogP contribution in [0, 0.1) is 11.3 Å². The van der Waals surface area contributed by atoms with Crippen LogP contribution in [0.15, 0.2) is 40.1 Å². The van der Waals surface area contributed by atoms with Crippen LogP contribution in [0.5, 0.6) is 5.75 Å². The lowest BCUT2D eigenvalue weighted by Gasteiger charge is -2.14. The average molecular weight is 393 g/mol. The number of aromatic nitrogens is 2. The molecule has 0 atom stereocenters. The van der Waals surface area contributed by atoms with Crippen LogP contribution < -0.4 is 16.0 Å². The summed E-state index contributed by atoms with van der Waals surface area (Å²) in [6.45, 7) is 0. The molecule has 2 rings (SSSR count). The lowest BCUT2D eigenvalue weighted by atomic mass is 10.3. The zero-order valence-corrected chi connectivity index (χ0v) is 14.6. The first kappa shape index (κ1) is 17.8. The molecule has 1 heterocycles. The normalized spacial score (nSPS) is 11.1. The fourth-order valence-corrected chi connectivity index (χ4v) is 2.90. The van der Waals surface area contributed by atoms with Gasteiger partial charge in [0.2, 0.25) is 0 Å². The molecule has 0 unspecified atom stereocenters.